The monoisotopic (exact) mass is 318 g/mol. The number of carbonyl (C=O) groups is 1. The Labute approximate surface area is 137 Å². The highest BCUT2D eigenvalue weighted by molar-refractivity contribution is 5.79. The number of carbonyl (C=O) groups excluding carboxylic acids is 1. The molecular weight excluding hydrogens is 292 g/mol. The van der Waals surface area contributed by atoms with Gasteiger partial charge in [0.25, 0.3) is 0 Å². The Balaban J connectivity index is 1.74. The maximum absolute atomic E-state index is 12.7. The van der Waals surface area contributed by atoms with Crippen LogP contribution in [0.15, 0.2) is 11.6 Å². The first kappa shape index (κ1) is 16.2. The van der Waals surface area contributed by atoms with Gasteiger partial charge in [-0.2, -0.15) is 0 Å². The minimum atomic E-state index is 0.156. The van der Waals surface area contributed by atoms with Crippen LogP contribution in [0, 0.1) is 0 Å². The van der Waals surface area contributed by atoms with Crippen LogP contribution in [0.2, 0.25) is 0 Å². The second-order valence-corrected chi connectivity index (χ2v) is 6.45. The third kappa shape index (κ3) is 3.47. The fourth-order valence-electron chi connectivity index (χ4n) is 3.64. The van der Waals surface area contributed by atoms with Gasteiger partial charge in [-0.05, 0) is 32.6 Å². The van der Waals surface area contributed by atoms with Crippen molar-refractivity contribution in [3.63, 3.8) is 0 Å². The Bertz CT molecular complexity index is 593. The highest BCUT2D eigenvalue weighted by atomic mass is 16.5. The van der Waals surface area contributed by atoms with Crippen molar-refractivity contribution in [1.29, 1.82) is 0 Å². The van der Waals surface area contributed by atoms with E-state index in [4.69, 9.17) is 4.74 Å². The molecule has 0 saturated heterocycles. The van der Waals surface area contributed by atoms with E-state index in [-0.39, 0.29) is 11.8 Å². The minimum absolute atomic E-state index is 0.156. The standard InChI is InChI=1S/C17H26N4O2/c1-3-21-17-14(12-23-2)10-20(11-15(17)18-19-21)16(22)9-13-7-5-4-6-8-13/h7,14H,3-6,8-12H2,1-2H3/t14-/m1/s1. The molecule has 0 radical (unpaired) electrons. The molecule has 0 spiro atoms. The Morgan fingerprint density at radius 3 is 3.00 bits per heavy atom. The van der Waals surface area contributed by atoms with Crippen LogP contribution < -0.4 is 0 Å². The number of allylic oxidation sites excluding steroid dienone is 1. The van der Waals surface area contributed by atoms with Gasteiger partial charge in [0.1, 0.15) is 5.69 Å². The molecular formula is C17H26N4O2. The topological polar surface area (TPSA) is 60.2 Å². The molecule has 3 rings (SSSR count). The van der Waals surface area contributed by atoms with Crippen LogP contribution in [0.3, 0.4) is 0 Å². The molecule has 2 aliphatic rings. The van der Waals surface area contributed by atoms with Crippen molar-refractivity contribution in [2.24, 2.45) is 0 Å². The summed E-state index contributed by atoms with van der Waals surface area (Å²) in [5.41, 5.74) is 3.36. The number of fused-ring (bicyclic) bond motifs is 1. The zero-order valence-electron chi connectivity index (χ0n) is 14.1. The quantitative estimate of drug-likeness (QED) is 0.781. The molecule has 23 heavy (non-hydrogen) atoms. The van der Waals surface area contributed by atoms with Crippen LogP contribution in [-0.2, 0) is 22.6 Å². The molecule has 2 heterocycles. The maximum Gasteiger partial charge on any atom is 0.227 e. The predicted octanol–water partition coefficient (Wildman–Crippen LogP) is 2.26. The van der Waals surface area contributed by atoms with Gasteiger partial charge >= 0.3 is 0 Å². The second kappa shape index (κ2) is 7.25. The van der Waals surface area contributed by atoms with Gasteiger partial charge in [0, 0.05) is 32.5 Å². The average molecular weight is 318 g/mol. The van der Waals surface area contributed by atoms with Crippen molar-refractivity contribution < 1.29 is 9.53 Å². The number of methoxy groups -OCH3 is 1. The Morgan fingerprint density at radius 2 is 2.30 bits per heavy atom. The smallest absolute Gasteiger partial charge is 0.227 e. The van der Waals surface area contributed by atoms with Crippen molar-refractivity contribution in [3.05, 3.63) is 23.0 Å². The first-order valence-electron chi connectivity index (χ1n) is 8.59. The second-order valence-electron chi connectivity index (χ2n) is 6.45. The third-order valence-electron chi connectivity index (χ3n) is 4.80. The summed E-state index contributed by atoms with van der Waals surface area (Å²) in [7, 11) is 1.70. The number of hydrogen-bond acceptors (Lipinski definition) is 4. The summed E-state index contributed by atoms with van der Waals surface area (Å²) in [6.45, 7) is 4.71. The summed E-state index contributed by atoms with van der Waals surface area (Å²) >= 11 is 0. The molecule has 0 saturated carbocycles. The van der Waals surface area contributed by atoms with Gasteiger partial charge in [-0.25, -0.2) is 4.68 Å². The summed E-state index contributed by atoms with van der Waals surface area (Å²) in [6.07, 6.45) is 7.44. The van der Waals surface area contributed by atoms with Gasteiger partial charge in [0.15, 0.2) is 0 Å². The van der Waals surface area contributed by atoms with E-state index < -0.39 is 0 Å². The van der Waals surface area contributed by atoms with E-state index in [9.17, 15) is 4.79 Å². The SMILES string of the molecule is CCn1nnc2c1[C@@H](COC)CN(C(=O)CC1=CCCCC1)C2. The van der Waals surface area contributed by atoms with Gasteiger partial charge in [0.2, 0.25) is 5.91 Å². The predicted molar refractivity (Wildman–Crippen MR) is 86.9 cm³/mol. The molecule has 1 aliphatic carbocycles. The van der Waals surface area contributed by atoms with E-state index >= 15 is 0 Å². The summed E-state index contributed by atoms with van der Waals surface area (Å²) in [4.78, 5) is 14.6. The lowest BCUT2D eigenvalue weighted by Gasteiger charge is -2.32. The Hall–Kier alpha value is -1.69. The number of aryl methyl sites for hydroxylation is 1. The number of rotatable bonds is 5. The lowest BCUT2D eigenvalue weighted by Crippen LogP contribution is -2.40. The van der Waals surface area contributed by atoms with Crippen LogP contribution in [0.5, 0.6) is 0 Å². The van der Waals surface area contributed by atoms with Crippen LogP contribution in [0.1, 0.15) is 56.3 Å². The molecule has 1 aliphatic heterocycles. The maximum atomic E-state index is 12.7. The van der Waals surface area contributed by atoms with Gasteiger partial charge < -0.3 is 9.64 Å². The van der Waals surface area contributed by atoms with Crippen LogP contribution in [0.25, 0.3) is 0 Å². The van der Waals surface area contributed by atoms with E-state index in [0.29, 0.717) is 26.1 Å². The first-order chi connectivity index (χ1) is 11.2. The molecule has 126 valence electrons. The molecule has 0 bridgehead atoms. The van der Waals surface area contributed by atoms with E-state index in [2.05, 4.69) is 23.3 Å². The molecule has 1 aromatic heterocycles. The number of amides is 1. The third-order valence-corrected chi connectivity index (χ3v) is 4.80. The Morgan fingerprint density at radius 1 is 1.43 bits per heavy atom. The summed E-state index contributed by atoms with van der Waals surface area (Å²) in [5, 5.41) is 8.51. The zero-order valence-corrected chi connectivity index (χ0v) is 14.1. The van der Waals surface area contributed by atoms with Crippen molar-refractivity contribution in [3.8, 4) is 0 Å². The fraction of sp³-hybridized carbons (Fsp3) is 0.706. The van der Waals surface area contributed by atoms with Crippen molar-refractivity contribution in [1.82, 2.24) is 19.9 Å². The normalized spacial score (nSPS) is 21.0. The molecule has 0 unspecified atom stereocenters. The molecule has 1 amide bonds. The average Bonchev–Trinajstić information content (AvgIpc) is 2.99. The van der Waals surface area contributed by atoms with Crippen LogP contribution in [-0.4, -0.2) is 46.1 Å². The molecule has 1 aromatic rings. The number of hydrogen-bond donors (Lipinski definition) is 0. The number of nitrogens with zero attached hydrogens (tertiary/aromatic N) is 4. The zero-order chi connectivity index (χ0) is 16.2. The van der Waals surface area contributed by atoms with E-state index in [1.165, 1.54) is 18.4 Å². The van der Waals surface area contributed by atoms with Crippen LogP contribution >= 0.6 is 0 Å². The highest BCUT2D eigenvalue weighted by Gasteiger charge is 2.32. The van der Waals surface area contributed by atoms with Crippen LogP contribution in [0.4, 0.5) is 0 Å². The molecule has 0 aromatic carbocycles. The summed E-state index contributed by atoms with van der Waals surface area (Å²) in [6, 6.07) is 0. The molecule has 0 fully saturated rings. The van der Waals surface area contributed by atoms with E-state index in [0.717, 1.165) is 30.8 Å². The van der Waals surface area contributed by atoms with Crippen molar-refractivity contribution in [2.45, 2.75) is 58.0 Å². The fourth-order valence-corrected chi connectivity index (χ4v) is 3.64. The number of aromatic nitrogens is 3. The number of ether oxygens (including phenoxy) is 1. The first-order valence-corrected chi connectivity index (χ1v) is 8.59. The lowest BCUT2D eigenvalue weighted by atomic mass is 9.95. The molecule has 6 nitrogen and oxygen atoms in total. The van der Waals surface area contributed by atoms with Gasteiger partial charge in [-0.15, -0.1) is 5.10 Å². The molecule has 1 atom stereocenters. The molecule has 0 N–H and O–H groups in total. The summed E-state index contributed by atoms with van der Waals surface area (Å²) in [5.74, 6) is 0.360. The lowest BCUT2D eigenvalue weighted by molar-refractivity contribution is -0.132. The van der Waals surface area contributed by atoms with Gasteiger partial charge in [0.05, 0.1) is 18.8 Å². The van der Waals surface area contributed by atoms with Gasteiger partial charge in [-0.3, -0.25) is 4.79 Å². The van der Waals surface area contributed by atoms with Crippen molar-refractivity contribution in [2.75, 3.05) is 20.3 Å². The Kier molecular flexibility index (Phi) is 5.10. The molecule has 6 heteroatoms. The van der Waals surface area contributed by atoms with E-state index in [1.54, 1.807) is 7.11 Å². The van der Waals surface area contributed by atoms with E-state index in [1.807, 2.05) is 9.58 Å². The van der Waals surface area contributed by atoms with Crippen molar-refractivity contribution >= 4 is 5.91 Å². The summed E-state index contributed by atoms with van der Waals surface area (Å²) < 4.78 is 7.30. The largest absolute Gasteiger partial charge is 0.384 e. The minimum Gasteiger partial charge on any atom is -0.384 e. The highest BCUT2D eigenvalue weighted by Crippen LogP contribution is 2.29. The van der Waals surface area contributed by atoms with Gasteiger partial charge in [-0.1, -0.05) is 16.9 Å².